The molecule has 0 fully saturated rings. The molecule has 2 aromatic carbocycles. The van der Waals surface area contributed by atoms with Gasteiger partial charge in [0.05, 0.1) is 17.3 Å². The highest BCUT2D eigenvalue weighted by atomic mass is 35.5. The fourth-order valence-corrected chi connectivity index (χ4v) is 4.06. The van der Waals surface area contributed by atoms with Crippen molar-refractivity contribution >= 4 is 39.6 Å². The zero-order valence-electron chi connectivity index (χ0n) is 14.9. The second-order valence-electron chi connectivity index (χ2n) is 6.33. The van der Waals surface area contributed by atoms with Crippen LogP contribution in [0.3, 0.4) is 0 Å². The van der Waals surface area contributed by atoms with E-state index in [1.807, 2.05) is 48.7 Å². The standard InChI is InChI=1S/C22H14ClN3OS/c1-13-10-17(16-4-2-3-5-19(16)25-13)21(27)18(11-24)22-26-20(12-28-22)14-6-8-15(23)9-7-14/h2-10,12,18H,1H3. The Labute approximate surface area is 171 Å². The van der Waals surface area contributed by atoms with E-state index in [9.17, 15) is 10.1 Å². The van der Waals surface area contributed by atoms with Crippen molar-refractivity contribution in [3.05, 3.63) is 81.3 Å². The molecule has 28 heavy (non-hydrogen) atoms. The van der Waals surface area contributed by atoms with Crippen LogP contribution in [0.15, 0.2) is 60.0 Å². The Hall–Kier alpha value is -3.07. The number of nitriles is 1. The Bertz CT molecular complexity index is 1220. The molecule has 0 bridgehead atoms. The van der Waals surface area contributed by atoms with E-state index in [1.165, 1.54) is 11.3 Å². The van der Waals surface area contributed by atoms with Gasteiger partial charge in [-0.25, -0.2) is 4.98 Å². The average Bonchev–Trinajstić information content (AvgIpc) is 3.18. The Morgan fingerprint density at radius 1 is 1.14 bits per heavy atom. The van der Waals surface area contributed by atoms with Crippen LogP contribution in [0.2, 0.25) is 5.02 Å². The summed E-state index contributed by atoms with van der Waals surface area (Å²) in [4.78, 5) is 22.2. The Morgan fingerprint density at radius 2 is 1.89 bits per heavy atom. The van der Waals surface area contributed by atoms with Crippen molar-refractivity contribution in [2.24, 2.45) is 0 Å². The van der Waals surface area contributed by atoms with Gasteiger partial charge in [0.1, 0.15) is 5.01 Å². The molecule has 0 aliphatic heterocycles. The van der Waals surface area contributed by atoms with Gasteiger partial charge in [-0.15, -0.1) is 11.3 Å². The number of pyridine rings is 1. The number of Topliss-reactive ketones (excluding diaryl/α,β-unsaturated/α-hetero) is 1. The molecule has 2 aromatic heterocycles. The molecule has 6 heteroatoms. The monoisotopic (exact) mass is 403 g/mol. The molecule has 0 aliphatic rings. The van der Waals surface area contributed by atoms with Crippen molar-refractivity contribution < 1.29 is 4.79 Å². The number of benzene rings is 2. The van der Waals surface area contributed by atoms with E-state index in [2.05, 4.69) is 16.0 Å². The van der Waals surface area contributed by atoms with Gasteiger partial charge < -0.3 is 0 Å². The largest absolute Gasteiger partial charge is 0.292 e. The van der Waals surface area contributed by atoms with E-state index in [-0.39, 0.29) is 5.78 Å². The van der Waals surface area contributed by atoms with Gasteiger partial charge in [0.2, 0.25) is 0 Å². The van der Waals surface area contributed by atoms with Crippen molar-refractivity contribution in [3.63, 3.8) is 0 Å². The summed E-state index contributed by atoms with van der Waals surface area (Å²) in [5.41, 5.74) is 3.59. The normalized spacial score (nSPS) is 11.9. The summed E-state index contributed by atoms with van der Waals surface area (Å²) in [7, 11) is 0. The number of fused-ring (bicyclic) bond motifs is 1. The first kappa shape index (κ1) is 18.3. The maximum Gasteiger partial charge on any atom is 0.187 e. The highest BCUT2D eigenvalue weighted by Crippen LogP contribution is 2.31. The van der Waals surface area contributed by atoms with Crippen LogP contribution in [0.25, 0.3) is 22.2 Å². The summed E-state index contributed by atoms with van der Waals surface area (Å²) < 4.78 is 0. The van der Waals surface area contributed by atoms with Crippen molar-refractivity contribution in [3.8, 4) is 17.3 Å². The van der Waals surface area contributed by atoms with Gasteiger partial charge in [-0.1, -0.05) is 41.9 Å². The molecule has 136 valence electrons. The molecule has 1 unspecified atom stereocenters. The lowest BCUT2D eigenvalue weighted by atomic mass is 9.95. The first-order chi connectivity index (χ1) is 13.6. The molecule has 4 rings (SSSR count). The molecule has 4 nitrogen and oxygen atoms in total. The van der Waals surface area contributed by atoms with Crippen LogP contribution in [0.1, 0.15) is 27.0 Å². The molecule has 0 N–H and O–H groups in total. The topological polar surface area (TPSA) is 66.6 Å². The predicted molar refractivity (Wildman–Crippen MR) is 112 cm³/mol. The molecular weight excluding hydrogens is 390 g/mol. The van der Waals surface area contributed by atoms with E-state index in [1.54, 1.807) is 18.2 Å². The molecule has 0 saturated carbocycles. The van der Waals surface area contributed by atoms with Gasteiger partial charge in [0.15, 0.2) is 11.7 Å². The molecule has 1 atom stereocenters. The van der Waals surface area contributed by atoms with Crippen LogP contribution in [-0.2, 0) is 0 Å². The molecule has 0 aliphatic carbocycles. The lowest BCUT2D eigenvalue weighted by Gasteiger charge is -2.09. The van der Waals surface area contributed by atoms with E-state index in [4.69, 9.17) is 11.6 Å². The minimum atomic E-state index is -0.962. The van der Waals surface area contributed by atoms with Gasteiger partial charge in [-0.3, -0.25) is 9.78 Å². The summed E-state index contributed by atoms with van der Waals surface area (Å²) in [6.07, 6.45) is 0. The molecule has 2 heterocycles. The molecule has 0 spiro atoms. The van der Waals surface area contributed by atoms with Gasteiger partial charge >= 0.3 is 0 Å². The number of carbonyl (C=O) groups excluding carboxylic acids is 1. The number of hydrogen-bond donors (Lipinski definition) is 0. The molecule has 0 radical (unpaired) electrons. The smallest absolute Gasteiger partial charge is 0.187 e. The van der Waals surface area contributed by atoms with E-state index in [0.717, 1.165) is 27.9 Å². The second kappa shape index (κ2) is 7.51. The molecule has 4 aromatic rings. The third-order valence-corrected chi connectivity index (χ3v) is 5.57. The van der Waals surface area contributed by atoms with Crippen LogP contribution in [0.4, 0.5) is 0 Å². The lowest BCUT2D eigenvalue weighted by molar-refractivity contribution is 0.0980. The highest BCUT2D eigenvalue weighted by molar-refractivity contribution is 7.10. The molecular formula is C22H14ClN3OS. The maximum atomic E-state index is 13.2. The summed E-state index contributed by atoms with van der Waals surface area (Å²) >= 11 is 7.25. The second-order valence-corrected chi connectivity index (χ2v) is 7.66. The zero-order chi connectivity index (χ0) is 19.7. The minimum absolute atomic E-state index is 0.263. The number of ketones is 1. The number of aryl methyl sites for hydroxylation is 1. The van der Waals surface area contributed by atoms with Crippen LogP contribution in [-0.4, -0.2) is 15.8 Å². The minimum Gasteiger partial charge on any atom is -0.292 e. The van der Waals surface area contributed by atoms with Crippen molar-refractivity contribution in [2.45, 2.75) is 12.8 Å². The van der Waals surface area contributed by atoms with Gasteiger partial charge in [0, 0.05) is 32.6 Å². The number of aromatic nitrogens is 2. The number of para-hydroxylation sites is 1. The SMILES string of the molecule is Cc1cc(C(=O)C(C#N)c2nc(-c3ccc(Cl)cc3)cs2)c2ccccc2n1. The fourth-order valence-electron chi connectivity index (χ4n) is 3.07. The predicted octanol–water partition coefficient (Wildman–Crippen LogP) is 5.81. The van der Waals surface area contributed by atoms with Crippen molar-refractivity contribution in [1.82, 2.24) is 9.97 Å². The number of thiazole rings is 1. The third kappa shape index (κ3) is 3.40. The van der Waals surface area contributed by atoms with Gasteiger partial charge in [-0.2, -0.15) is 5.26 Å². The Morgan fingerprint density at radius 3 is 2.64 bits per heavy atom. The number of halogens is 1. The summed E-state index contributed by atoms with van der Waals surface area (Å²) in [5.74, 6) is -1.22. The maximum absolute atomic E-state index is 13.2. The molecule has 0 saturated heterocycles. The number of carbonyl (C=O) groups is 1. The van der Waals surface area contributed by atoms with Gasteiger partial charge in [0.25, 0.3) is 0 Å². The van der Waals surface area contributed by atoms with Crippen LogP contribution in [0, 0.1) is 18.3 Å². The van der Waals surface area contributed by atoms with E-state index >= 15 is 0 Å². The number of hydrogen-bond acceptors (Lipinski definition) is 5. The summed E-state index contributed by atoms with van der Waals surface area (Å²) in [6, 6.07) is 18.6. The average molecular weight is 404 g/mol. The molecule has 0 amide bonds. The lowest BCUT2D eigenvalue weighted by Crippen LogP contribution is -2.12. The van der Waals surface area contributed by atoms with Crippen LogP contribution in [0.5, 0.6) is 0 Å². The highest BCUT2D eigenvalue weighted by Gasteiger charge is 2.27. The first-order valence-corrected chi connectivity index (χ1v) is 9.84. The van der Waals surface area contributed by atoms with Crippen LogP contribution >= 0.6 is 22.9 Å². The van der Waals surface area contributed by atoms with Crippen molar-refractivity contribution in [2.75, 3.05) is 0 Å². The Balaban J connectivity index is 1.73. The first-order valence-electron chi connectivity index (χ1n) is 8.58. The third-order valence-electron chi connectivity index (χ3n) is 4.41. The van der Waals surface area contributed by atoms with Crippen LogP contribution < -0.4 is 0 Å². The van der Waals surface area contributed by atoms with Crippen molar-refractivity contribution in [1.29, 1.82) is 5.26 Å². The number of nitrogens with zero attached hydrogens (tertiary/aromatic N) is 3. The van der Waals surface area contributed by atoms with Gasteiger partial charge in [-0.05, 0) is 31.2 Å². The van der Waals surface area contributed by atoms with E-state index < -0.39 is 5.92 Å². The quantitative estimate of drug-likeness (QED) is 0.403. The number of rotatable bonds is 4. The fraction of sp³-hybridized carbons (Fsp3) is 0.0909. The van der Waals surface area contributed by atoms with E-state index in [0.29, 0.717) is 15.6 Å². The summed E-state index contributed by atoms with van der Waals surface area (Å²) in [6.45, 7) is 1.84. The zero-order valence-corrected chi connectivity index (χ0v) is 16.5. The Kier molecular flexibility index (Phi) is 4.91. The summed E-state index contributed by atoms with van der Waals surface area (Å²) in [5, 5.41) is 13.5.